The fraction of sp³-hybridized carbons (Fsp3) is 0.280. The largest absolute Gasteiger partial charge is 0.493 e. The van der Waals surface area contributed by atoms with Crippen molar-refractivity contribution in [2.45, 2.75) is 24.4 Å². The molecule has 2 saturated heterocycles. The summed E-state index contributed by atoms with van der Waals surface area (Å²) in [6.45, 7) is 0.477. The monoisotopic (exact) mass is 515 g/mol. The van der Waals surface area contributed by atoms with Crippen LogP contribution in [0.25, 0.3) is 33.5 Å². The van der Waals surface area contributed by atoms with E-state index in [1.165, 1.54) is 13.2 Å². The van der Waals surface area contributed by atoms with Crippen molar-refractivity contribution >= 4 is 22.8 Å². The normalized spacial score (nSPS) is 23.2. The number of fused-ring (bicyclic) bond motifs is 2. The molecule has 4 heterocycles. The van der Waals surface area contributed by atoms with Gasteiger partial charge in [0.05, 0.1) is 36.6 Å². The molecule has 6 rings (SSSR count). The molecule has 36 heavy (non-hydrogen) atoms. The second-order valence-electron chi connectivity index (χ2n) is 8.60. The summed E-state index contributed by atoms with van der Waals surface area (Å²) in [7, 11) is 1.33. The number of aliphatic hydroxyl groups excluding tert-OH is 1. The van der Waals surface area contributed by atoms with Crippen LogP contribution in [0.3, 0.4) is 0 Å². The highest BCUT2D eigenvalue weighted by molar-refractivity contribution is 6.33. The van der Waals surface area contributed by atoms with Gasteiger partial charge in [-0.2, -0.15) is 4.98 Å². The van der Waals surface area contributed by atoms with E-state index in [1.54, 1.807) is 30.3 Å². The van der Waals surface area contributed by atoms with Crippen molar-refractivity contribution in [3.05, 3.63) is 59.1 Å². The van der Waals surface area contributed by atoms with E-state index in [9.17, 15) is 13.9 Å². The number of ether oxygens (including phenoxy) is 4. The Labute approximate surface area is 208 Å². The van der Waals surface area contributed by atoms with Crippen LogP contribution >= 0.6 is 11.6 Å². The van der Waals surface area contributed by atoms with E-state index in [4.69, 9.17) is 30.5 Å². The smallest absolute Gasteiger partial charge is 0.296 e. The molecule has 2 aliphatic heterocycles. The van der Waals surface area contributed by atoms with Gasteiger partial charge in [0.25, 0.3) is 6.01 Å². The Morgan fingerprint density at radius 1 is 1.03 bits per heavy atom. The van der Waals surface area contributed by atoms with Gasteiger partial charge in [-0.15, -0.1) is 0 Å². The molecule has 2 fully saturated rings. The zero-order chi connectivity index (χ0) is 25.0. The first-order chi connectivity index (χ1) is 17.4. The van der Waals surface area contributed by atoms with Crippen molar-refractivity contribution < 1.29 is 32.8 Å². The number of aliphatic hydroxyl groups is 1. The minimum atomic E-state index is -0.779. The third kappa shape index (κ3) is 3.96. The number of hydrogen-bond donors (Lipinski definition) is 2. The molecule has 2 N–H and O–H groups in total. The molecule has 2 aromatic carbocycles. The molecular formula is C25H20ClF2N3O5. The molecule has 4 aromatic rings. The van der Waals surface area contributed by atoms with Crippen LogP contribution in [0, 0.1) is 11.6 Å². The molecule has 11 heteroatoms. The number of aromatic nitrogens is 3. The summed E-state index contributed by atoms with van der Waals surface area (Å²) in [6, 6.07) is 10.8. The average molecular weight is 516 g/mol. The number of halogens is 3. The van der Waals surface area contributed by atoms with Gasteiger partial charge >= 0.3 is 0 Å². The number of aromatic amines is 1. The first-order valence-corrected chi connectivity index (χ1v) is 11.6. The average Bonchev–Trinajstić information content (AvgIpc) is 3.55. The van der Waals surface area contributed by atoms with Crippen LogP contribution in [0.15, 0.2) is 42.5 Å². The summed E-state index contributed by atoms with van der Waals surface area (Å²) >= 11 is 6.51. The van der Waals surface area contributed by atoms with Crippen molar-refractivity contribution in [3.63, 3.8) is 0 Å². The molecule has 186 valence electrons. The molecule has 0 amide bonds. The minimum absolute atomic E-state index is 0.0396. The van der Waals surface area contributed by atoms with Gasteiger partial charge < -0.3 is 29.0 Å². The molecule has 0 saturated carbocycles. The van der Waals surface area contributed by atoms with Crippen molar-refractivity contribution in [1.82, 2.24) is 15.0 Å². The molecule has 0 spiro atoms. The minimum Gasteiger partial charge on any atom is -0.493 e. The quantitative estimate of drug-likeness (QED) is 0.412. The Morgan fingerprint density at radius 2 is 1.78 bits per heavy atom. The van der Waals surface area contributed by atoms with E-state index in [2.05, 4.69) is 15.0 Å². The second-order valence-corrected chi connectivity index (χ2v) is 9.00. The second kappa shape index (κ2) is 8.97. The topological polar surface area (TPSA) is 98.7 Å². The molecule has 2 aromatic heterocycles. The van der Waals surface area contributed by atoms with Crippen LogP contribution in [0.2, 0.25) is 5.02 Å². The molecule has 2 aliphatic rings. The van der Waals surface area contributed by atoms with E-state index >= 15 is 0 Å². The predicted molar refractivity (Wildman–Crippen MR) is 126 cm³/mol. The Kier molecular flexibility index (Phi) is 5.76. The van der Waals surface area contributed by atoms with E-state index in [0.717, 1.165) is 6.07 Å². The lowest BCUT2D eigenvalue weighted by molar-refractivity contribution is 0.00706. The lowest BCUT2D eigenvalue weighted by Crippen LogP contribution is -2.34. The summed E-state index contributed by atoms with van der Waals surface area (Å²) < 4.78 is 50.2. The zero-order valence-electron chi connectivity index (χ0n) is 18.9. The summed E-state index contributed by atoms with van der Waals surface area (Å²) in [5.74, 6) is -1.52. The fourth-order valence-electron chi connectivity index (χ4n) is 4.63. The van der Waals surface area contributed by atoms with Crippen LogP contribution in [0.4, 0.5) is 8.78 Å². The van der Waals surface area contributed by atoms with E-state index < -0.39 is 29.9 Å². The van der Waals surface area contributed by atoms with E-state index in [0.29, 0.717) is 38.6 Å². The van der Waals surface area contributed by atoms with Crippen LogP contribution in [-0.4, -0.2) is 64.8 Å². The van der Waals surface area contributed by atoms with E-state index in [-0.39, 0.29) is 31.1 Å². The molecule has 4 unspecified atom stereocenters. The molecule has 0 aliphatic carbocycles. The molecule has 4 atom stereocenters. The Bertz CT molecular complexity index is 1450. The molecule has 0 radical (unpaired) electrons. The van der Waals surface area contributed by atoms with Gasteiger partial charge in [0.1, 0.15) is 24.1 Å². The Balaban J connectivity index is 1.27. The highest BCUT2D eigenvalue weighted by atomic mass is 35.5. The van der Waals surface area contributed by atoms with Crippen LogP contribution in [-0.2, 0) is 9.47 Å². The Hall–Kier alpha value is -3.31. The maximum atomic E-state index is 14.1. The maximum absolute atomic E-state index is 14.1. The van der Waals surface area contributed by atoms with Gasteiger partial charge in [0, 0.05) is 17.2 Å². The summed E-state index contributed by atoms with van der Waals surface area (Å²) in [5.41, 5.74) is 3.01. The van der Waals surface area contributed by atoms with Gasteiger partial charge in [-0.05, 0) is 17.7 Å². The number of imidazole rings is 1. The molecule has 0 bridgehead atoms. The SMILES string of the molecule is COc1c(F)cc(F)cc1-c1ccc(-c2nc3nc(OC4COC5C(O)COC45)[nH]c3cc2Cl)cc1. The third-order valence-electron chi connectivity index (χ3n) is 6.33. The fourth-order valence-corrected chi connectivity index (χ4v) is 4.89. The van der Waals surface area contributed by atoms with Gasteiger partial charge in [-0.3, -0.25) is 0 Å². The van der Waals surface area contributed by atoms with Gasteiger partial charge in [-0.25, -0.2) is 13.8 Å². The zero-order valence-corrected chi connectivity index (χ0v) is 19.6. The first-order valence-electron chi connectivity index (χ1n) is 11.2. The van der Waals surface area contributed by atoms with Crippen molar-refractivity contribution in [2.24, 2.45) is 0 Å². The number of methoxy groups -OCH3 is 1. The first kappa shape index (κ1) is 23.1. The van der Waals surface area contributed by atoms with Gasteiger partial charge in [0.15, 0.2) is 23.3 Å². The number of pyridine rings is 1. The molecule has 8 nitrogen and oxygen atoms in total. The number of nitrogens with zero attached hydrogens (tertiary/aromatic N) is 2. The predicted octanol–water partition coefficient (Wildman–Crippen LogP) is 4.14. The van der Waals surface area contributed by atoms with Crippen molar-refractivity contribution in [2.75, 3.05) is 20.3 Å². The number of benzene rings is 2. The number of hydrogen-bond acceptors (Lipinski definition) is 7. The van der Waals surface area contributed by atoms with Gasteiger partial charge in [0.2, 0.25) is 0 Å². The van der Waals surface area contributed by atoms with Crippen LogP contribution in [0.1, 0.15) is 0 Å². The highest BCUT2D eigenvalue weighted by Crippen LogP contribution is 2.36. The molecular weight excluding hydrogens is 496 g/mol. The van der Waals surface area contributed by atoms with Crippen LogP contribution < -0.4 is 9.47 Å². The highest BCUT2D eigenvalue weighted by Gasteiger charge is 2.48. The summed E-state index contributed by atoms with van der Waals surface area (Å²) in [4.78, 5) is 12.1. The summed E-state index contributed by atoms with van der Waals surface area (Å²) in [6.07, 6.45) is -1.87. The lowest BCUT2D eigenvalue weighted by atomic mass is 10.0. The van der Waals surface area contributed by atoms with Crippen molar-refractivity contribution in [1.29, 1.82) is 0 Å². The number of nitrogens with one attached hydrogen (secondary N) is 1. The Morgan fingerprint density at radius 3 is 2.56 bits per heavy atom. The summed E-state index contributed by atoms with van der Waals surface area (Å²) in [5, 5.41) is 10.3. The van der Waals surface area contributed by atoms with Crippen LogP contribution in [0.5, 0.6) is 11.8 Å². The van der Waals surface area contributed by atoms with Crippen molar-refractivity contribution in [3.8, 4) is 34.1 Å². The lowest BCUT2D eigenvalue weighted by Gasteiger charge is -2.15. The third-order valence-corrected chi connectivity index (χ3v) is 6.62. The number of H-pyrrole nitrogens is 1. The standard InChI is InChI=1S/C25H20ClF2N3O5/c1-33-21-14(6-13(27)7-16(21)28)11-2-4-12(5-3-11)20-15(26)8-17-24(30-20)31-25(29-17)36-19-10-35-22-18(32)9-34-23(19)22/h2-8,18-19,22-23,32H,9-10H2,1H3,(H,29,30,31). The van der Waals surface area contributed by atoms with Gasteiger partial charge in [-0.1, -0.05) is 35.9 Å². The van der Waals surface area contributed by atoms with E-state index in [1.807, 2.05) is 0 Å². The maximum Gasteiger partial charge on any atom is 0.296 e. The number of rotatable bonds is 5.